The van der Waals surface area contributed by atoms with Gasteiger partial charge in [-0.25, -0.2) is 4.98 Å². The maximum absolute atomic E-state index is 12.6. The maximum atomic E-state index is 12.6. The second-order valence-corrected chi connectivity index (χ2v) is 9.18. The molecule has 0 aliphatic rings. The Balaban J connectivity index is 1.85. The van der Waals surface area contributed by atoms with Crippen LogP contribution in [0.25, 0.3) is 21.6 Å². The summed E-state index contributed by atoms with van der Waals surface area (Å²) in [7, 11) is 1.63. The molecule has 4 rings (SSSR count). The molecular formula is C25H19Cl2N7OS. The molecule has 1 aromatic carbocycles. The van der Waals surface area contributed by atoms with E-state index in [1.807, 2.05) is 0 Å². The van der Waals surface area contributed by atoms with Gasteiger partial charge in [0.15, 0.2) is 0 Å². The van der Waals surface area contributed by atoms with Crippen LogP contribution in [0.4, 0.5) is 5.82 Å². The van der Waals surface area contributed by atoms with Crippen LogP contribution < -0.4 is 16.4 Å². The molecule has 4 N–H and O–H groups in total. The van der Waals surface area contributed by atoms with Crippen LogP contribution in [0.5, 0.6) is 0 Å². The first-order valence-corrected chi connectivity index (χ1v) is 12.1. The van der Waals surface area contributed by atoms with Gasteiger partial charge in [0.25, 0.3) is 5.91 Å². The summed E-state index contributed by atoms with van der Waals surface area (Å²) in [6, 6.07) is 14.1. The van der Waals surface area contributed by atoms with Gasteiger partial charge in [0.1, 0.15) is 17.7 Å². The van der Waals surface area contributed by atoms with E-state index in [1.54, 1.807) is 55.7 Å². The van der Waals surface area contributed by atoms with Crippen LogP contribution >= 0.6 is 34.5 Å². The van der Waals surface area contributed by atoms with Gasteiger partial charge in [0.2, 0.25) is 0 Å². The minimum atomic E-state index is -0.324. The zero-order valence-electron chi connectivity index (χ0n) is 18.9. The van der Waals surface area contributed by atoms with Crippen molar-refractivity contribution in [1.29, 1.82) is 5.26 Å². The van der Waals surface area contributed by atoms with Crippen molar-refractivity contribution < 1.29 is 4.79 Å². The molecule has 0 radical (unpaired) electrons. The second kappa shape index (κ2) is 11.3. The van der Waals surface area contributed by atoms with Crippen LogP contribution in [0.15, 0.2) is 66.0 Å². The normalized spacial score (nSPS) is 11.1. The number of nitrogens with zero attached hydrogens (tertiary/aromatic N) is 4. The van der Waals surface area contributed by atoms with Crippen molar-refractivity contribution in [3.05, 3.63) is 87.1 Å². The topological polar surface area (TPSA) is 129 Å². The lowest BCUT2D eigenvalue weighted by atomic mass is 9.98. The Morgan fingerprint density at radius 1 is 1.17 bits per heavy atom. The first-order valence-electron chi connectivity index (χ1n) is 10.6. The number of aromatic nitrogens is 2. The van der Waals surface area contributed by atoms with Crippen molar-refractivity contribution in [2.45, 2.75) is 0 Å². The van der Waals surface area contributed by atoms with Gasteiger partial charge < -0.3 is 16.4 Å². The van der Waals surface area contributed by atoms with Crippen molar-refractivity contribution in [1.82, 2.24) is 15.3 Å². The van der Waals surface area contributed by atoms with Crippen LogP contribution in [-0.4, -0.2) is 35.4 Å². The summed E-state index contributed by atoms with van der Waals surface area (Å²) in [5.41, 5.74) is 8.52. The van der Waals surface area contributed by atoms with Crippen molar-refractivity contribution in [2.24, 2.45) is 10.7 Å². The summed E-state index contributed by atoms with van der Waals surface area (Å²) in [5, 5.41) is 16.9. The molecule has 0 atom stereocenters. The van der Waals surface area contributed by atoms with Crippen LogP contribution in [0.1, 0.15) is 20.8 Å². The van der Waals surface area contributed by atoms with Gasteiger partial charge in [-0.3, -0.25) is 14.8 Å². The fraction of sp³-hybridized carbons (Fsp3) is 0.0800. The molecule has 0 aliphatic heterocycles. The number of hydrogen-bond donors (Lipinski definition) is 3. The Morgan fingerprint density at radius 2 is 1.94 bits per heavy atom. The highest BCUT2D eigenvalue weighted by molar-refractivity contribution is 7.18. The molecule has 36 heavy (non-hydrogen) atoms. The predicted molar refractivity (Wildman–Crippen MR) is 145 cm³/mol. The van der Waals surface area contributed by atoms with Crippen LogP contribution in [0.2, 0.25) is 10.0 Å². The fourth-order valence-corrected chi connectivity index (χ4v) is 5.32. The Labute approximate surface area is 221 Å². The number of anilines is 1. The summed E-state index contributed by atoms with van der Waals surface area (Å²) in [4.78, 5) is 26.5. The average molecular weight is 536 g/mol. The van der Waals surface area contributed by atoms with Gasteiger partial charge in [-0.15, -0.1) is 11.3 Å². The molecule has 4 aromatic rings. The maximum Gasteiger partial charge on any atom is 0.256 e. The molecule has 1 amide bonds. The molecule has 0 fully saturated rings. The molecule has 11 heteroatoms. The highest BCUT2D eigenvalue weighted by Crippen LogP contribution is 2.44. The number of nitrogens with one attached hydrogen (secondary N) is 2. The van der Waals surface area contributed by atoms with Gasteiger partial charge in [0, 0.05) is 52.4 Å². The summed E-state index contributed by atoms with van der Waals surface area (Å²) >= 11 is 14.0. The van der Waals surface area contributed by atoms with Crippen LogP contribution in [0, 0.1) is 11.3 Å². The van der Waals surface area contributed by atoms with Gasteiger partial charge in [-0.1, -0.05) is 29.3 Å². The zero-order valence-corrected chi connectivity index (χ0v) is 21.2. The largest absolute Gasteiger partial charge is 0.357 e. The molecule has 0 saturated carbocycles. The van der Waals surface area contributed by atoms with E-state index >= 15 is 0 Å². The van der Waals surface area contributed by atoms with Gasteiger partial charge >= 0.3 is 0 Å². The third-order valence-electron chi connectivity index (χ3n) is 5.13. The molecule has 8 nitrogen and oxygen atoms in total. The Bertz CT molecular complexity index is 1500. The number of nitriles is 1. The minimum Gasteiger partial charge on any atom is -0.357 e. The fourth-order valence-electron chi connectivity index (χ4n) is 3.55. The lowest BCUT2D eigenvalue weighted by molar-refractivity contribution is 0.102. The van der Waals surface area contributed by atoms with E-state index in [1.165, 1.54) is 23.7 Å². The number of thiophene rings is 1. The highest BCUT2D eigenvalue weighted by Gasteiger charge is 2.25. The Kier molecular flexibility index (Phi) is 7.93. The van der Waals surface area contributed by atoms with E-state index in [4.69, 9.17) is 28.9 Å². The second-order valence-electron chi connectivity index (χ2n) is 7.32. The first kappa shape index (κ1) is 25.3. The third-order valence-corrected chi connectivity index (χ3v) is 6.93. The molecule has 3 aromatic heterocycles. The quantitative estimate of drug-likeness (QED) is 0.177. The van der Waals surface area contributed by atoms with Crippen molar-refractivity contribution >= 4 is 52.1 Å². The van der Waals surface area contributed by atoms with E-state index in [0.29, 0.717) is 59.3 Å². The van der Waals surface area contributed by atoms with Crippen molar-refractivity contribution in [3.63, 3.8) is 0 Å². The van der Waals surface area contributed by atoms with Gasteiger partial charge in [0.05, 0.1) is 22.0 Å². The van der Waals surface area contributed by atoms with E-state index in [0.717, 1.165) is 0 Å². The van der Waals surface area contributed by atoms with Crippen molar-refractivity contribution in [2.75, 3.05) is 19.0 Å². The monoisotopic (exact) mass is 535 g/mol. The lowest BCUT2D eigenvalue weighted by Crippen LogP contribution is -2.30. The van der Waals surface area contributed by atoms with E-state index in [-0.39, 0.29) is 12.6 Å². The summed E-state index contributed by atoms with van der Waals surface area (Å²) < 4.78 is 0. The van der Waals surface area contributed by atoms with Gasteiger partial charge in [-0.2, -0.15) is 5.26 Å². The molecule has 180 valence electrons. The first-order chi connectivity index (χ1) is 17.5. The van der Waals surface area contributed by atoms with Gasteiger partial charge in [-0.05, 0) is 42.0 Å². The predicted octanol–water partition coefficient (Wildman–Crippen LogP) is 5.19. The Hall–Kier alpha value is -3.81. The number of benzene rings is 1. The molecule has 0 saturated heterocycles. The third kappa shape index (κ3) is 5.22. The van der Waals surface area contributed by atoms with E-state index < -0.39 is 0 Å². The molecule has 0 aliphatic carbocycles. The molecular weight excluding hydrogens is 517 g/mol. The average Bonchev–Trinajstić information content (AvgIpc) is 3.27. The smallest absolute Gasteiger partial charge is 0.256 e. The standard InChI is InChI=1S/C25H19Cl2N7OS/c1-30-24(33-13-29)23-21(17-3-2-16(26)11-19(17)27)18(12-28)22(36-23)15-6-9-32-20(10-15)34-25(35)14-4-7-31-8-5-14/h2-11H,13,29H2,1H3,(H,30,33)(H,32,34,35). The summed E-state index contributed by atoms with van der Waals surface area (Å²) in [6.07, 6.45) is 4.65. The highest BCUT2D eigenvalue weighted by atomic mass is 35.5. The molecule has 0 spiro atoms. The number of nitrogens with two attached hydrogens (primary N) is 1. The summed E-state index contributed by atoms with van der Waals surface area (Å²) in [6.45, 7) is 0.149. The van der Waals surface area contributed by atoms with Crippen LogP contribution in [-0.2, 0) is 0 Å². The number of halogens is 2. The number of carbonyl (C=O) groups is 1. The number of rotatable bonds is 6. The SMILES string of the molecule is CN=C(NCN)c1sc(-c2ccnc(NC(=O)c3ccncc3)c2)c(C#N)c1-c1ccc(Cl)cc1Cl. The Morgan fingerprint density at radius 3 is 2.61 bits per heavy atom. The molecule has 0 bridgehead atoms. The van der Waals surface area contributed by atoms with Crippen LogP contribution in [0.3, 0.4) is 0 Å². The van der Waals surface area contributed by atoms with E-state index in [9.17, 15) is 10.1 Å². The van der Waals surface area contributed by atoms with E-state index in [2.05, 4.69) is 31.7 Å². The number of aliphatic imine (C=N–C) groups is 1. The lowest BCUT2D eigenvalue weighted by Gasteiger charge is -2.10. The number of amidine groups is 1. The van der Waals surface area contributed by atoms with Crippen molar-refractivity contribution in [3.8, 4) is 27.6 Å². The minimum absolute atomic E-state index is 0.149. The summed E-state index contributed by atoms with van der Waals surface area (Å²) in [5.74, 6) is 0.533. The molecule has 0 unspecified atom stereocenters. The zero-order chi connectivity index (χ0) is 25.7. The molecule has 3 heterocycles. The number of carbonyl (C=O) groups excluding carboxylic acids is 1. The number of amides is 1. The number of hydrogen-bond acceptors (Lipinski definition) is 7. The number of pyridine rings is 2.